The van der Waals surface area contributed by atoms with E-state index in [1.54, 1.807) is 11.3 Å². The highest BCUT2D eigenvalue weighted by Gasteiger charge is 2.36. The Morgan fingerprint density at radius 3 is 2.46 bits per heavy atom. The molecule has 2 aliphatic rings. The van der Waals surface area contributed by atoms with Crippen LogP contribution in [0.25, 0.3) is 0 Å². The van der Waals surface area contributed by atoms with Crippen LogP contribution in [0.4, 0.5) is 11.4 Å². The average molecular weight is 387 g/mol. The van der Waals surface area contributed by atoms with Crippen molar-refractivity contribution in [3.8, 4) is 0 Å². The van der Waals surface area contributed by atoms with Crippen LogP contribution in [0.1, 0.15) is 40.8 Å². The Balaban J connectivity index is 1.62. The second-order valence-electron chi connectivity index (χ2n) is 7.59. The van der Waals surface area contributed by atoms with Crippen LogP contribution in [0.15, 0.2) is 77.3 Å². The van der Waals surface area contributed by atoms with Gasteiger partial charge in [0.05, 0.1) is 17.4 Å². The van der Waals surface area contributed by atoms with Crippen LogP contribution in [0, 0.1) is 6.92 Å². The topological polar surface area (TPSA) is 41.1 Å². The van der Waals surface area contributed by atoms with Gasteiger partial charge >= 0.3 is 0 Å². The van der Waals surface area contributed by atoms with Crippen LogP contribution >= 0.6 is 11.3 Å². The van der Waals surface area contributed by atoms with E-state index in [1.165, 1.54) is 10.4 Å². The molecule has 1 aliphatic carbocycles. The summed E-state index contributed by atoms with van der Waals surface area (Å²) in [6.07, 6.45) is 1.43. The highest BCUT2D eigenvalue weighted by atomic mass is 32.1. The van der Waals surface area contributed by atoms with E-state index in [0.29, 0.717) is 6.42 Å². The first-order valence-corrected chi connectivity index (χ1v) is 10.6. The molecule has 2 heterocycles. The molecule has 2 atom stereocenters. The zero-order valence-electron chi connectivity index (χ0n) is 15.7. The van der Waals surface area contributed by atoms with Gasteiger partial charge in [0.25, 0.3) is 0 Å². The Labute approximate surface area is 169 Å². The standard InChI is InChI=1S/C24H22N2OS/c1-15-8-10-16(11-9-15)24-23-20(25-18-5-2-3-6-19(18)26-24)13-17(14-21(23)27)22-7-4-12-28-22/h2-12,17,24-26H,13-14H2,1H3. The highest BCUT2D eigenvalue weighted by Crippen LogP contribution is 2.44. The number of ketones is 1. The summed E-state index contributed by atoms with van der Waals surface area (Å²) < 4.78 is 0. The predicted octanol–water partition coefficient (Wildman–Crippen LogP) is 6.04. The molecule has 2 unspecified atom stereocenters. The lowest BCUT2D eigenvalue weighted by Gasteiger charge is -2.29. The van der Waals surface area contributed by atoms with E-state index in [4.69, 9.17) is 0 Å². The van der Waals surface area contributed by atoms with Crippen molar-refractivity contribution >= 4 is 28.5 Å². The van der Waals surface area contributed by atoms with Gasteiger partial charge in [-0.05, 0) is 42.5 Å². The minimum absolute atomic E-state index is 0.136. The summed E-state index contributed by atoms with van der Waals surface area (Å²) in [7, 11) is 0. The van der Waals surface area contributed by atoms with E-state index in [9.17, 15) is 4.79 Å². The number of fused-ring (bicyclic) bond motifs is 1. The number of benzene rings is 2. The Morgan fingerprint density at radius 2 is 1.71 bits per heavy atom. The van der Waals surface area contributed by atoms with Crippen molar-refractivity contribution in [3.63, 3.8) is 0 Å². The van der Waals surface area contributed by atoms with E-state index in [-0.39, 0.29) is 17.7 Å². The minimum Gasteiger partial charge on any atom is -0.372 e. The quantitative estimate of drug-likeness (QED) is 0.564. The number of hydrogen-bond acceptors (Lipinski definition) is 4. The molecule has 5 rings (SSSR count). The van der Waals surface area contributed by atoms with Gasteiger partial charge in [0, 0.05) is 28.5 Å². The lowest BCUT2D eigenvalue weighted by molar-refractivity contribution is -0.116. The van der Waals surface area contributed by atoms with Gasteiger partial charge in [0.1, 0.15) is 0 Å². The van der Waals surface area contributed by atoms with Gasteiger partial charge in [-0.15, -0.1) is 11.3 Å². The fraction of sp³-hybridized carbons (Fsp3) is 0.208. The smallest absolute Gasteiger partial charge is 0.163 e. The molecule has 28 heavy (non-hydrogen) atoms. The molecule has 1 aliphatic heterocycles. The maximum absolute atomic E-state index is 13.4. The lowest BCUT2D eigenvalue weighted by atomic mass is 9.80. The maximum atomic E-state index is 13.4. The second-order valence-corrected chi connectivity index (χ2v) is 8.57. The van der Waals surface area contributed by atoms with E-state index in [1.807, 2.05) is 12.1 Å². The molecule has 1 aromatic heterocycles. The summed E-state index contributed by atoms with van der Waals surface area (Å²) in [5, 5.41) is 9.33. The molecule has 0 amide bonds. The van der Waals surface area contributed by atoms with Crippen LogP contribution in [-0.4, -0.2) is 5.78 Å². The van der Waals surface area contributed by atoms with Crippen LogP contribution in [-0.2, 0) is 4.79 Å². The highest BCUT2D eigenvalue weighted by molar-refractivity contribution is 7.10. The number of aryl methyl sites for hydroxylation is 1. The fourth-order valence-electron chi connectivity index (χ4n) is 4.23. The molecular formula is C24H22N2OS. The first-order valence-electron chi connectivity index (χ1n) is 9.68. The van der Waals surface area contributed by atoms with Gasteiger partial charge in [-0.1, -0.05) is 48.0 Å². The summed E-state index contributed by atoms with van der Waals surface area (Å²) in [5.74, 6) is 0.487. The molecule has 3 aromatic rings. The van der Waals surface area contributed by atoms with Crippen LogP contribution in [0.5, 0.6) is 0 Å². The number of allylic oxidation sites excluding steroid dienone is 1. The molecular weight excluding hydrogens is 364 g/mol. The number of rotatable bonds is 2. The lowest BCUT2D eigenvalue weighted by Crippen LogP contribution is -2.26. The van der Waals surface area contributed by atoms with Crippen LogP contribution in [0.3, 0.4) is 0 Å². The third-order valence-corrected chi connectivity index (χ3v) is 6.70. The second kappa shape index (κ2) is 6.95. The molecule has 4 heteroatoms. The first kappa shape index (κ1) is 17.3. The fourth-order valence-corrected chi connectivity index (χ4v) is 5.06. The third kappa shape index (κ3) is 3.04. The van der Waals surface area contributed by atoms with Crippen LogP contribution in [0.2, 0.25) is 0 Å². The number of thiophene rings is 1. The number of carbonyl (C=O) groups excluding carboxylic acids is 1. The molecule has 2 aromatic carbocycles. The molecule has 0 radical (unpaired) electrons. The first-order chi connectivity index (χ1) is 13.7. The van der Waals surface area contributed by atoms with Gasteiger partial charge in [-0.3, -0.25) is 4.79 Å². The zero-order chi connectivity index (χ0) is 19.1. The van der Waals surface area contributed by atoms with Gasteiger partial charge in [0.15, 0.2) is 5.78 Å². The molecule has 2 N–H and O–H groups in total. The summed E-state index contributed by atoms with van der Waals surface area (Å²) in [6, 6.07) is 20.8. The number of carbonyl (C=O) groups is 1. The van der Waals surface area contributed by atoms with Gasteiger partial charge < -0.3 is 10.6 Å². The van der Waals surface area contributed by atoms with Crippen molar-refractivity contribution in [2.45, 2.75) is 31.7 Å². The Bertz CT molecular complexity index is 1050. The Morgan fingerprint density at radius 1 is 0.929 bits per heavy atom. The van der Waals surface area contributed by atoms with Gasteiger partial charge in [-0.25, -0.2) is 0 Å². The van der Waals surface area contributed by atoms with Crippen LogP contribution < -0.4 is 10.6 Å². The number of para-hydroxylation sites is 2. The summed E-state index contributed by atoms with van der Waals surface area (Å²) in [5.41, 5.74) is 6.34. The number of Topliss-reactive ketones (excluding diaryl/α,β-unsaturated/α-hetero) is 1. The van der Waals surface area contributed by atoms with Gasteiger partial charge in [-0.2, -0.15) is 0 Å². The minimum atomic E-state index is -0.136. The Kier molecular flexibility index (Phi) is 4.29. The van der Waals surface area contributed by atoms with Crippen molar-refractivity contribution in [2.75, 3.05) is 10.6 Å². The molecule has 0 bridgehead atoms. The van der Waals surface area contributed by atoms with E-state index < -0.39 is 0 Å². The van der Waals surface area contributed by atoms with Gasteiger partial charge in [0.2, 0.25) is 0 Å². The molecule has 3 nitrogen and oxygen atoms in total. The molecule has 0 saturated heterocycles. The SMILES string of the molecule is Cc1ccc(C2Nc3ccccc3NC3=C2C(=O)CC(c2cccs2)C3)cc1. The average Bonchev–Trinajstić information content (AvgIpc) is 3.18. The number of anilines is 2. The summed E-state index contributed by atoms with van der Waals surface area (Å²) in [6.45, 7) is 2.09. The van der Waals surface area contributed by atoms with E-state index in [2.05, 4.69) is 71.5 Å². The van der Waals surface area contributed by atoms with Crippen molar-refractivity contribution in [1.82, 2.24) is 0 Å². The van der Waals surface area contributed by atoms with Crippen molar-refractivity contribution in [3.05, 3.63) is 93.3 Å². The Hall–Kier alpha value is -2.85. The normalized spacial score (nSPS) is 21.2. The third-order valence-electron chi connectivity index (χ3n) is 5.67. The number of nitrogens with one attached hydrogen (secondary N) is 2. The zero-order valence-corrected chi connectivity index (χ0v) is 16.6. The van der Waals surface area contributed by atoms with Crippen molar-refractivity contribution in [1.29, 1.82) is 0 Å². The molecule has 0 spiro atoms. The largest absolute Gasteiger partial charge is 0.372 e. The molecule has 0 saturated carbocycles. The summed E-state index contributed by atoms with van der Waals surface area (Å²) >= 11 is 1.74. The molecule has 0 fully saturated rings. The maximum Gasteiger partial charge on any atom is 0.163 e. The predicted molar refractivity (Wildman–Crippen MR) is 116 cm³/mol. The molecule has 140 valence electrons. The van der Waals surface area contributed by atoms with Crippen molar-refractivity contribution < 1.29 is 4.79 Å². The summed E-state index contributed by atoms with van der Waals surface area (Å²) in [4.78, 5) is 14.6. The van der Waals surface area contributed by atoms with Crippen molar-refractivity contribution in [2.24, 2.45) is 0 Å². The van der Waals surface area contributed by atoms with E-state index in [0.717, 1.165) is 34.6 Å². The van der Waals surface area contributed by atoms with E-state index >= 15 is 0 Å². The number of hydrogen-bond donors (Lipinski definition) is 2. The monoisotopic (exact) mass is 386 g/mol.